The van der Waals surface area contributed by atoms with Crippen LogP contribution in [0.15, 0.2) is 53.5 Å². The Balaban J connectivity index is 1.47. The number of rotatable bonds is 8. The lowest BCUT2D eigenvalue weighted by Crippen LogP contribution is -2.27. The van der Waals surface area contributed by atoms with Crippen molar-refractivity contribution in [2.24, 2.45) is 0 Å². The van der Waals surface area contributed by atoms with E-state index in [2.05, 4.69) is 10.1 Å². The molecule has 0 spiro atoms. The van der Waals surface area contributed by atoms with Crippen LogP contribution < -0.4 is 5.69 Å². The van der Waals surface area contributed by atoms with E-state index < -0.39 is 0 Å². The molecule has 1 aliphatic carbocycles. The monoisotopic (exact) mass is 396 g/mol. The Kier molecular flexibility index (Phi) is 5.39. The Morgan fingerprint density at radius 3 is 2.61 bits per heavy atom. The molecule has 0 amide bonds. The molecule has 0 atom stereocenters. The summed E-state index contributed by atoms with van der Waals surface area (Å²) in [7, 11) is 0. The van der Waals surface area contributed by atoms with Crippen molar-refractivity contribution in [3.8, 4) is 11.4 Å². The van der Waals surface area contributed by atoms with Crippen LogP contribution in [-0.4, -0.2) is 25.1 Å². The molecule has 144 valence electrons. The zero-order valence-corrected chi connectivity index (χ0v) is 16.2. The predicted octanol–water partition coefficient (Wildman–Crippen LogP) is 3.69. The highest BCUT2D eigenvalue weighted by atomic mass is 35.5. The number of aryl methyl sites for hydroxylation is 1. The van der Waals surface area contributed by atoms with Gasteiger partial charge in [-0.3, -0.25) is 14.3 Å². The quantitative estimate of drug-likeness (QED) is 0.582. The predicted molar refractivity (Wildman–Crippen MR) is 107 cm³/mol. The van der Waals surface area contributed by atoms with Gasteiger partial charge < -0.3 is 0 Å². The van der Waals surface area contributed by atoms with Crippen LogP contribution in [0.1, 0.15) is 37.4 Å². The fourth-order valence-corrected chi connectivity index (χ4v) is 3.37. The van der Waals surface area contributed by atoms with E-state index in [0.717, 1.165) is 30.5 Å². The molecule has 3 aromatic rings. The van der Waals surface area contributed by atoms with Crippen LogP contribution in [0.2, 0.25) is 5.02 Å². The smallest absolute Gasteiger partial charge is 0.298 e. The molecule has 1 aliphatic rings. The van der Waals surface area contributed by atoms with Gasteiger partial charge >= 0.3 is 5.69 Å². The first-order valence-corrected chi connectivity index (χ1v) is 9.86. The summed E-state index contributed by atoms with van der Waals surface area (Å²) in [5.74, 6) is 0.603. The van der Waals surface area contributed by atoms with Gasteiger partial charge in [0, 0.05) is 34.9 Å². The minimum absolute atomic E-state index is 0.00105. The highest BCUT2D eigenvalue weighted by molar-refractivity contribution is 6.30. The molecule has 1 fully saturated rings. The van der Waals surface area contributed by atoms with Gasteiger partial charge in [0.05, 0.1) is 0 Å². The van der Waals surface area contributed by atoms with Crippen LogP contribution in [0.3, 0.4) is 0 Å². The topological polar surface area (TPSA) is 69.8 Å². The van der Waals surface area contributed by atoms with Crippen molar-refractivity contribution in [3.63, 3.8) is 0 Å². The average molecular weight is 397 g/mol. The van der Waals surface area contributed by atoms with E-state index in [9.17, 15) is 9.59 Å². The lowest BCUT2D eigenvalue weighted by molar-refractivity contribution is -0.119. The largest absolute Gasteiger partial charge is 0.346 e. The van der Waals surface area contributed by atoms with Gasteiger partial charge in [-0.1, -0.05) is 17.7 Å². The fraction of sp³-hybridized carbons (Fsp3) is 0.333. The molecule has 1 aromatic carbocycles. The van der Waals surface area contributed by atoms with Gasteiger partial charge in [0.2, 0.25) is 0 Å². The summed E-state index contributed by atoms with van der Waals surface area (Å²) in [4.78, 5) is 29.5. The molecule has 28 heavy (non-hydrogen) atoms. The van der Waals surface area contributed by atoms with Crippen molar-refractivity contribution in [1.82, 2.24) is 19.3 Å². The molecule has 0 bridgehead atoms. The molecule has 0 N–H and O–H groups in total. The summed E-state index contributed by atoms with van der Waals surface area (Å²) in [5, 5.41) is 5.10. The second-order valence-electron chi connectivity index (χ2n) is 7.09. The van der Waals surface area contributed by atoms with E-state index >= 15 is 0 Å². The van der Waals surface area contributed by atoms with Gasteiger partial charge in [-0.25, -0.2) is 9.48 Å². The molecule has 0 radical (unpaired) electrons. The Morgan fingerprint density at radius 2 is 1.93 bits per heavy atom. The number of carbonyl (C=O) groups excluding carboxylic acids is 1. The highest BCUT2D eigenvalue weighted by Gasteiger charge is 2.30. The third-order valence-electron chi connectivity index (χ3n) is 4.83. The van der Waals surface area contributed by atoms with E-state index in [-0.39, 0.29) is 24.1 Å². The number of pyridine rings is 1. The van der Waals surface area contributed by atoms with Crippen molar-refractivity contribution < 1.29 is 4.79 Å². The van der Waals surface area contributed by atoms with Gasteiger partial charge in [0.1, 0.15) is 6.54 Å². The molecule has 0 aliphatic heterocycles. The number of hydrogen-bond acceptors (Lipinski definition) is 4. The van der Waals surface area contributed by atoms with Crippen molar-refractivity contribution in [2.45, 2.75) is 44.7 Å². The molecule has 7 heteroatoms. The molecule has 2 heterocycles. The number of hydrogen-bond donors (Lipinski definition) is 0. The molecule has 2 aromatic heterocycles. The minimum Gasteiger partial charge on any atom is -0.298 e. The van der Waals surface area contributed by atoms with Crippen LogP contribution in [-0.2, 0) is 17.8 Å². The van der Waals surface area contributed by atoms with E-state index in [1.807, 2.05) is 30.3 Å². The number of ketones is 1. The standard InChI is InChI=1S/C21H21ClN4O2/c22-16-9-7-15(8-10-16)20-24-25(21(28)26(20)18-11-12-18)14-19(27)6-3-5-17-4-1-2-13-23-17/h1-2,4,7-10,13,18H,3,5-6,11-12,14H2. The first-order valence-electron chi connectivity index (χ1n) is 9.49. The Morgan fingerprint density at radius 1 is 1.14 bits per heavy atom. The number of carbonyl (C=O) groups is 1. The molecule has 0 unspecified atom stereocenters. The number of nitrogens with zero attached hydrogens (tertiary/aromatic N) is 4. The maximum atomic E-state index is 12.8. The maximum absolute atomic E-state index is 12.8. The van der Waals surface area contributed by atoms with Crippen molar-refractivity contribution in [1.29, 1.82) is 0 Å². The van der Waals surface area contributed by atoms with Crippen molar-refractivity contribution >= 4 is 17.4 Å². The molecule has 0 saturated heterocycles. The summed E-state index contributed by atoms with van der Waals surface area (Å²) < 4.78 is 3.01. The molecule has 1 saturated carbocycles. The summed E-state index contributed by atoms with van der Waals surface area (Å²) in [6, 6.07) is 13.2. The average Bonchev–Trinajstić information content (AvgIpc) is 3.48. The normalized spacial score (nSPS) is 13.6. The van der Waals surface area contributed by atoms with E-state index in [0.29, 0.717) is 23.7 Å². The number of aromatic nitrogens is 4. The van der Waals surface area contributed by atoms with E-state index in [1.54, 1.807) is 22.9 Å². The molecule has 6 nitrogen and oxygen atoms in total. The second kappa shape index (κ2) is 8.10. The van der Waals surface area contributed by atoms with Crippen molar-refractivity contribution in [3.05, 3.63) is 69.9 Å². The Labute approximate surface area is 167 Å². The SMILES string of the molecule is O=C(CCCc1ccccn1)Cn1nc(-c2ccc(Cl)cc2)n(C2CC2)c1=O. The first-order chi connectivity index (χ1) is 13.6. The van der Waals surface area contributed by atoms with Gasteiger partial charge in [-0.05, 0) is 62.1 Å². The molecular weight excluding hydrogens is 376 g/mol. The van der Waals surface area contributed by atoms with Gasteiger partial charge in [0.15, 0.2) is 11.6 Å². The maximum Gasteiger partial charge on any atom is 0.346 e. The van der Waals surface area contributed by atoms with Gasteiger partial charge in [0.25, 0.3) is 0 Å². The fourth-order valence-electron chi connectivity index (χ4n) is 3.24. The third-order valence-corrected chi connectivity index (χ3v) is 5.08. The summed E-state index contributed by atoms with van der Waals surface area (Å²) in [5.41, 5.74) is 1.58. The summed E-state index contributed by atoms with van der Waals surface area (Å²) in [6.45, 7) is 0.00135. The zero-order valence-electron chi connectivity index (χ0n) is 15.4. The number of halogens is 1. The van der Waals surface area contributed by atoms with Gasteiger partial charge in [-0.15, -0.1) is 5.10 Å². The zero-order chi connectivity index (χ0) is 19.5. The Hall–Kier alpha value is -2.73. The van der Waals surface area contributed by atoms with Crippen LogP contribution in [0.25, 0.3) is 11.4 Å². The molecular formula is C21H21ClN4O2. The van der Waals surface area contributed by atoms with E-state index in [4.69, 9.17) is 11.6 Å². The second-order valence-corrected chi connectivity index (χ2v) is 7.52. The Bertz CT molecular complexity index is 1020. The van der Waals surface area contributed by atoms with Crippen LogP contribution in [0.4, 0.5) is 0 Å². The highest BCUT2D eigenvalue weighted by Crippen LogP contribution is 2.36. The van der Waals surface area contributed by atoms with Crippen molar-refractivity contribution in [2.75, 3.05) is 0 Å². The van der Waals surface area contributed by atoms with E-state index in [1.165, 1.54) is 4.68 Å². The lowest BCUT2D eigenvalue weighted by atomic mass is 10.1. The van der Waals surface area contributed by atoms with Crippen LogP contribution in [0.5, 0.6) is 0 Å². The minimum atomic E-state index is -0.217. The molecule has 4 rings (SSSR count). The van der Waals surface area contributed by atoms with Crippen LogP contribution >= 0.6 is 11.6 Å². The first kappa shape index (κ1) is 18.6. The number of benzene rings is 1. The van der Waals surface area contributed by atoms with Gasteiger partial charge in [-0.2, -0.15) is 0 Å². The number of Topliss-reactive ketones (excluding diaryl/α,β-unsaturated/α-hetero) is 1. The third kappa shape index (κ3) is 4.22. The summed E-state index contributed by atoms with van der Waals surface area (Å²) >= 11 is 5.97. The lowest BCUT2D eigenvalue weighted by Gasteiger charge is -2.03. The summed E-state index contributed by atoms with van der Waals surface area (Å²) in [6.07, 6.45) is 5.52. The van der Waals surface area contributed by atoms with Crippen LogP contribution in [0, 0.1) is 0 Å².